The molecule has 0 heterocycles. The number of carbonyl (C=O) groups excluding carboxylic acids is 1. The number of hydrogen-bond donors (Lipinski definition) is 1. The lowest BCUT2D eigenvalue weighted by Gasteiger charge is -2.31. The van der Waals surface area contributed by atoms with Crippen LogP contribution in [0.4, 0.5) is 4.39 Å². The highest BCUT2D eigenvalue weighted by Gasteiger charge is 2.26. The van der Waals surface area contributed by atoms with E-state index in [1.165, 1.54) is 25.0 Å². The number of nitrogens with one attached hydrogen (secondary N) is 1. The molecule has 2 rings (SSSR count). The fourth-order valence-corrected chi connectivity index (χ4v) is 4.12. The van der Waals surface area contributed by atoms with Gasteiger partial charge in [-0.3, -0.25) is 4.79 Å². The molecule has 2 atom stereocenters. The largest absolute Gasteiger partial charge is 0.348 e. The first-order chi connectivity index (χ1) is 9.11. The van der Waals surface area contributed by atoms with Gasteiger partial charge in [-0.15, -0.1) is 0 Å². The summed E-state index contributed by atoms with van der Waals surface area (Å²) in [6.07, 6.45) is 6.70. The van der Waals surface area contributed by atoms with Gasteiger partial charge in [0.05, 0.1) is 5.56 Å². The highest BCUT2D eigenvalue weighted by Crippen LogP contribution is 2.27. The lowest BCUT2D eigenvalue weighted by molar-refractivity contribution is 0.0928. The number of benzene rings is 1. The molecular formula is C14H17FINOS. The molecule has 1 aliphatic carbocycles. The molecule has 0 saturated heterocycles. The van der Waals surface area contributed by atoms with Crippen molar-refractivity contribution in [2.45, 2.75) is 37.0 Å². The third kappa shape index (κ3) is 3.84. The van der Waals surface area contributed by atoms with Gasteiger partial charge in [-0.05, 0) is 59.9 Å². The molecular weight excluding hydrogens is 376 g/mol. The van der Waals surface area contributed by atoms with Gasteiger partial charge >= 0.3 is 0 Å². The van der Waals surface area contributed by atoms with Crippen molar-refractivity contribution in [1.29, 1.82) is 0 Å². The maximum absolute atomic E-state index is 13.0. The molecule has 104 valence electrons. The minimum Gasteiger partial charge on any atom is -0.348 e. The molecule has 1 aromatic rings. The van der Waals surface area contributed by atoms with E-state index in [1.807, 2.05) is 34.4 Å². The molecule has 0 radical (unpaired) electrons. The third-order valence-corrected chi connectivity index (χ3v) is 5.56. The Hall–Kier alpha value is -0.300. The summed E-state index contributed by atoms with van der Waals surface area (Å²) in [7, 11) is 0. The standard InChI is InChI=1S/C14H17FINOS/c1-19-13-5-3-2-4-12(13)17-14(18)10-7-6-9(15)8-11(10)16/h6-8,12-13H,2-5H2,1H3,(H,17,18). The maximum atomic E-state index is 13.0. The predicted molar refractivity (Wildman–Crippen MR) is 86.1 cm³/mol. The fraction of sp³-hybridized carbons (Fsp3) is 0.500. The van der Waals surface area contributed by atoms with Crippen LogP contribution < -0.4 is 5.32 Å². The number of rotatable bonds is 3. The smallest absolute Gasteiger partial charge is 0.252 e. The highest BCUT2D eigenvalue weighted by atomic mass is 127. The number of amides is 1. The van der Waals surface area contributed by atoms with Gasteiger partial charge in [0.15, 0.2) is 0 Å². The van der Waals surface area contributed by atoms with Crippen LogP contribution in [0.1, 0.15) is 36.0 Å². The van der Waals surface area contributed by atoms with E-state index < -0.39 is 0 Å². The topological polar surface area (TPSA) is 29.1 Å². The van der Waals surface area contributed by atoms with E-state index in [0.29, 0.717) is 14.4 Å². The molecule has 19 heavy (non-hydrogen) atoms. The summed E-state index contributed by atoms with van der Waals surface area (Å²) in [5, 5.41) is 3.61. The number of hydrogen-bond acceptors (Lipinski definition) is 2. The summed E-state index contributed by atoms with van der Waals surface area (Å²) >= 11 is 3.83. The Labute approximate surface area is 131 Å². The minimum atomic E-state index is -0.305. The van der Waals surface area contributed by atoms with Crippen LogP contribution in [0.25, 0.3) is 0 Å². The summed E-state index contributed by atoms with van der Waals surface area (Å²) in [6, 6.07) is 4.52. The lowest BCUT2D eigenvalue weighted by Crippen LogP contribution is -2.43. The second-order valence-corrected chi connectivity index (χ2v) is 7.00. The Morgan fingerprint density at radius 1 is 1.42 bits per heavy atom. The zero-order valence-electron chi connectivity index (χ0n) is 10.8. The fourth-order valence-electron chi connectivity index (χ4n) is 2.46. The van der Waals surface area contributed by atoms with Crippen molar-refractivity contribution in [2.75, 3.05) is 6.26 Å². The summed E-state index contributed by atoms with van der Waals surface area (Å²) in [5.41, 5.74) is 0.562. The molecule has 5 heteroatoms. The van der Waals surface area contributed by atoms with Crippen LogP contribution in [0.3, 0.4) is 0 Å². The van der Waals surface area contributed by atoms with Crippen LogP contribution in [0, 0.1) is 9.39 Å². The number of carbonyl (C=O) groups is 1. The van der Waals surface area contributed by atoms with Gasteiger partial charge in [0, 0.05) is 14.9 Å². The maximum Gasteiger partial charge on any atom is 0.252 e. The van der Waals surface area contributed by atoms with E-state index in [1.54, 1.807) is 6.07 Å². The Balaban J connectivity index is 2.07. The normalized spacial score (nSPS) is 23.1. The van der Waals surface area contributed by atoms with Crippen LogP contribution in [0.2, 0.25) is 0 Å². The van der Waals surface area contributed by atoms with Gasteiger partial charge < -0.3 is 5.32 Å². The van der Waals surface area contributed by atoms with E-state index in [2.05, 4.69) is 11.6 Å². The van der Waals surface area contributed by atoms with Gasteiger partial charge in [-0.25, -0.2) is 4.39 Å². The summed E-state index contributed by atoms with van der Waals surface area (Å²) in [6.45, 7) is 0. The molecule has 2 unspecified atom stereocenters. The average Bonchev–Trinajstić information content (AvgIpc) is 2.39. The summed E-state index contributed by atoms with van der Waals surface area (Å²) in [4.78, 5) is 12.3. The van der Waals surface area contributed by atoms with E-state index >= 15 is 0 Å². The van der Waals surface area contributed by atoms with Gasteiger partial charge in [-0.1, -0.05) is 12.8 Å². The quantitative estimate of drug-likeness (QED) is 0.791. The number of halogens is 2. The number of thioether (sulfide) groups is 1. The molecule has 0 aromatic heterocycles. The van der Waals surface area contributed by atoms with Gasteiger partial charge in [0.1, 0.15) is 5.82 Å². The zero-order valence-corrected chi connectivity index (χ0v) is 13.8. The molecule has 2 nitrogen and oxygen atoms in total. The SMILES string of the molecule is CSC1CCCCC1NC(=O)c1ccc(F)cc1I. The first-order valence-electron chi connectivity index (χ1n) is 6.40. The molecule has 0 bridgehead atoms. The van der Waals surface area contributed by atoms with Crippen LogP contribution in [0.5, 0.6) is 0 Å². The first-order valence-corrected chi connectivity index (χ1v) is 8.77. The molecule has 1 fully saturated rings. The van der Waals surface area contributed by atoms with Crippen molar-refractivity contribution < 1.29 is 9.18 Å². The van der Waals surface area contributed by atoms with Crippen LogP contribution in [-0.4, -0.2) is 23.5 Å². The second kappa shape index (κ2) is 6.92. The molecule has 1 aromatic carbocycles. The van der Waals surface area contributed by atoms with Crippen molar-refractivity contribution in [2.24, 2.45) is 0 Å². The van der Waals surface area contributed by atoms with E-state index in [4.69, 9.17) is 0 Å². The molecule has 1 amide bonds. The van der Waals surface area contributed by atoms with Gasteiger partial charge in [-0.2, -0.15) is 11.8 Å². The molecule has 0 aliphatic heterocycles. The van der Waals surface area contributed by atoms with Crippen molar-refractivity contribution in [3.63, 3.8) is 0 Å². The summed E-state index contributed by atoms with van der Waals surface area (Å²) in [5.74, 6) is -0.393. The Kier molecular flexibility index (Phi) is 5.50. The Bertz CT molecular complexity index is 469. The van der Waals surface area contributed by atoms with Gasteiger partial charge in [0.2, 0.25) is 0 Å². The second-order valence-electron chi connectivity index (χ2n) is 4.76. The molecule has 1 N–H and O–H groups in total. The molecule has 1 aliphatic rings. The predicted octanol–water partition coefficient (Wildman–Crippen LogP) is 3.83. The van der Waals surface area contributed by atoms with E-state index in [9.17, 15) is 9.18 Å². The first kappa shape index (κ1) is 15.1. The molecule has 0 spiro atoms. The van der Waals surface area contributed by atoms with Crippen molar-refractivity contribution >= 4 is 40.3 Å². The van der Waals surface area contributed by atoms with E-state index in [-0.39, 0.29) is 17.8 Å². The van der Waals surface area contributed by atoms with Crippen LogP contribution >= 0.6 is 34.4 Å². The minimum absolute atomic E-state index is 0.0876. The summed E-state index contributed by atoms with van der Waals surface area (Å²) < 4.78 is 13.7. The van der Waals surface area contributed by atoms with Gasteiger partial charge in [0.25, 0.3) is 5.91 Å². The Morgan fingerprint density at radius 3 is 2.84 bits per heavy atom. The van der Waals surface area contributed by atoms with Crippen LogP contribution in [-0.2, 0) is 0 Å². The lowest BCUT2D eigenvalue weighted by atomic mass is 9.94. The highest BCUT2D eigenvalue weighted by molar-refractivity contribution is 14.1. The van der Waals surface area contributed by atoms with Crippen molar-refractivity contribution in [3.05, 3.63) is 33.1 Å². The van der Waals surface area contributed by atoms with Crippen molar-refractivity contribution in [1.82, 2.24) is 5.32 Å². The molecule has 1 saturated carbocycles. The average molecular weight is 393 g/mol. The van der Waals surface area contributed by atoms with Crippen molar-refractivity contribution in [3.8, 4) is 0 Å². The third-order valence-electron chi connectivity index (χ3n) is 3.50. The van der Waals surface area contributed by atoms with Crippen LogP contribution in [0.15, 0.2) is 18.2 Å². The zero-order chi connectivity index (χ0) is 13.8. The Morgan fingerprint density at radius 2 is 2.16 bits per heavy atom. The monoisotopic (exact) mass is 393 g/mol. The van der Waals surface area contributed by atoms with E-state index in [0.717, 1.165) is 12.8 Å².